The molecule has 0 spiro atoms. The quantitative estimate of drug-likeness (QED) is 0.428. The van der Waals surface area contributed by atoms with Gasteiger partial charge in [0.05, 0.1) is 0 Å². The molecule has 0 fully saturated rings. The maximum absolute atomic E-state index is 2.21. The van der Waals surface area contributed by atoms with E-state index in [1.54, 1.807) is 0 Å². The lowest BCUT2D eigenvalue weighted by atomic mass is 10.0. The first kappa shape index (κ1) is 22.7. The molecule has 0 heteroatoms. The van der Waals surface area contributed by atoms with Gasteiger partial charge in [0.1, 0.15) is 0 Å². The third kappa shape index (κ3) is 9.80. The first-order valence-corrected chi connectivity index (χ1v) is 10.4. The Hall–Kier alpha value is -2.34. The van der Waals surface area contributed by atoms with Crippen LogP contribution in [-0.4, -0.2) is 0 Å². The maximum atomic E-state index is 2.21. The molecular formula is C27H36. The zero-order valence-corrected chi connectivity index (χ0v) is 17.6. The Morgan fingerprint density at radius 2 is 1.07 bits per heavy atom. The fraction of sp³-hybridized carbons (Fsp3) is 0.333. The van der Waals surface area contributed by atoms with E-state index in [0.717, 1.165) is 0 Å². The van der Waals surface area contributed by atoms with E-state index in [1.165, 1.54) is 54.4 Å². The van der Waals surface area contributed by atoms with E-state index in [2.05, 4.69) is 107 Å². The highest BCUT2D eigenvalue weighted by atomic mass is 14.0. The minimum Gasteiger partial charge on any atom is -0.0654 e. The summed E-state index contributed by atoms with van der Waals surface area (Å²) in [5.41, 5.74) is 5.39. The molecular weight excluding hydrogens is 324 g/mol. The van der Waals surface area contributed by atoms with E-state index in [-0.39, 0.29) is 0 Å². The van der Waals surface area contributed by atoms with Crippen molar-refractivity contribution < 1.29 is 0 Å². The standard InChI is InChI=1S/C13H12.C9H12.C5H12/c1-11-7-5-6-10-13(11)12-8-3-2-4-9-12;1-2-6-9-7-4-3-5-8-9;1-3-5-4-2/h2-10H,1H3;3-5,7-8H,2,6H2,1H3;3-5H2,1-2H3. The third-order valence-electron chi connectivity index (χ3n) is 4.32. The van der Waals surface area contributed by atoms with Gasteiger partial charge in [-0.2, -0.15) is 0 Å². The van der Waals surface area contributed by atoms with Crippen LogP contribution < -0.4 is 0 Å². The lowest BCUT2D eigenvalue weighted by Crippen LogP contribution is -1.80. The molecule has 3 aromatic carbocycles. The molecule has 0 nitrogen and oxygen atoms in total. The van der Waals surface area contributed by atoms with Crippen molar-refractivity contribution in [1.29, 1.82) is 0 Å². The van der Waals surface area contributed by atoms with Gasteiger partial charge in [-0.3, -0.25) is 0 Å². The van der Waals surface area contributed by atoms with Crippen LogP contribution in [0.15, 0.2) is 84.9 Å². The van der Waals surface area contributed by atoms with Crippen LogP contribution in [0.25, 0.3) is 11.1 Å². The van der Waals surface area contributed by atoms with Crippen molar-refractivity contribution in [1.82, 2.24) is 0 Å². The summed E-state index contributed by atoms with van der Waals surface area (Å²) >= 11 is 0. The summed E-state index contributed by atoms with van der Waals surface area (Å²) in [7, 11) is 0. The minimum atomic E-state index is 1.21. The number of hydrogen-bond donors (Lipinski definition) is 0. The van der Waals surface area contributed by atoms with Crippen molar-refractivity contribution >= 4 is 0 Å². The van der Waals surface area contributed by atoms with Gasteiger partial charge >= 0.3 is 0 Å². The van der Waals surface area contributed by atoms with Gasteiger partial charge in [0.15, 0.2) is 0 Å². The third-order valence-corrected chi connectivity index (χ3v) is 4.32. The second kappa shape index (κ2) is 14.8. The summed E-state index contributed by atoms with van der Waals surface area (Å²) in [5.74, 6) is 0. The van der Waals surface area contributed by atoms with Crippen LogP contribution in [0.4, 0.5) is 0 Å². The summed E-state index contributed by atoms with van der Waals surface area (Å²) in [6.45, 7) is 8.77. The highest BCUT2D eigenvalue weighted by Crippen LogP contribution is 2.21. The molecule has 0 unspecified atom stereocenters. The average molecular weight is 361 g/mol. The molecule has 0 amide bonds. The van der Waals surface area contributed by atoms with Crippen LogP contribution >= 0.6 is 0 Å². The summed E-state index contributed by atoms with van der Waals surface area (Å²) in [6, 6.07) is 29.5. The van der Waals surface area contributed by atoms with Crippen molar-refractivity contribution in [2.45, 2.75) is 59.8 Å². The van der Waals surface area contributed by atoms with Crippen molar-refractivity contribution in [3.8, 4) is 11.1 Å². The van der Waals surface area contributed by atoms with Crippen LogP contribution in [0.2, 0.25) is 0 Å². The largest absolute Gasteiger partial charge is 0.0654 e. The Morgan fingerprint density at radius 1 is 0.556 bits per heavy atom. The van der Waals surface area contributed by atoms with Gasteiger partial charge in [-0.15, -0.1) is 0 Å². The van der Waals surface area contributed by atoms with E-state index in [4.69, 9.17) is 0 Å². The minimum absolute atomic E-state index is 1.21. The predicted octanol–water partition coefficient (Wildman–Crippen LogP) is 8.50. The molecule has 0 saturated heterocycles. The Labute approximate surface area is 167 Å². The molecule has 0 aliphatic heterocycles. The molecule has 0 atom stereocenters. The molecule has 0 radical (unpaired) electrons. The SMILES string of the molecule is CCCCC.CCCc1ccccc1.Cc1ccccc1-c1ccccc1. The van der Waals surface area contributed by atoms with Crippen LogP contribution in [0, 0.1) is 6.92 Å². The van der Waals surface area contributed by atoms with Crippen molar-refractivity contribution in [2.75, 3.05) is 0 Å². The van der Waals surface area contributed by atoms with Gasteiger partial charge in [-0.05, 0) is 35.6 Å². The normalized spacial score (nSPS) is 9.48. The molecule has 0 aromatic heterocycles. The Kier molecular flexibility index (Phi) is 12.4. The lowest BCUT2D eigenvalue weighted by molar-refractivity contribution is 0.772. The average Bonchev–Trinajstić information content (AvgIpc) is 2.72. The van der Waals surface area contributed by atoms with Gasteiger partial charge < -0.3 is 0 Å². The second-order valence-corrected chi connectivity index (χ2v) is 6.77. The maximum Gasteiger partial charge on any atom is -0.0155 e. The van der Waals surface area contributed by atoms with Crippen LogP contribution in [0.5, 0.6) is 0 Å². The molecule has 144 valence electrons. The Balaban J connectivity index is 0.000000227. The first-order chi connectivity index (χ1) is 13.2. The number of aryl methyl sites for hydroxylation is 2. The van der Waals surface area contributed by atoms with E-state index in [0.29, 0.717) is 0 Å². The Morgan fingerprint density at radius 3 is 1.56 bits per heavy atom. The van der Waals surface area contributed by atoms with Crippen LogP contribution in [-0.2, 0) is 6.42 Å². The highest BCUT2D eigenvalue weighted by molar-refractivity contribution is 5.66. The smallest absolute Gasteiger partial charge is 0.0155 e. The van der Waals surface area contributed by atoms with E-state index in [1.807, 2.05) is 6.07 Å². The van der Waals surface area contributed by atoms with Gasteiger partial charge in [-0.1, -0.05) is 131 Å². The molecule has 0 heterocycles. The number of benzene rings is 3. The monoisotopic (exact) mass is 360 g/mol. The fourth-order valence-corrected chi connectivity index (χ4v) is 2.80. The fourth-order valence-electron chi connectivity index (χ4n) is 2.80. The molecule has 27 heavy (non-hydrogen) atoms. The Bertz CT molecular complexity index is 696. The summed E-state index contributed by atoms with van der Waals surface area (Å²) in [4.78, 5) is 0. The summed E-state index contributed by atoms with van der Waals surface area (Å²) in [6.07, 6.45) is 6.53. The molecule has 0 saturated carbocycles. The van der Waals surface area contributed by atoms with E-state index in [9.17, 15) is 0 Å². The molecule has 0 aliphatic rings. The first-order valence-electron chi connectivity index (χ1n) is 10.4. The molecule has 0 N–H and O–H groups in total. The predicted molar refractivity (Wildman–Crippen MR) is 122 cm³/mol. The zero-order valence-electron chi connectivity index (χ0n) is 17.6. The summed E-state index contributed by atoms with van der Waals surface area (Å²) < 4.78 is 0. The molecule has 0 bridgehead atoms. The van der Waals surface area contributed by atoms with Gasteiger partial charge in [0, 0.05) is 0 Å². The van der Waals surface area contributed by atoms with Gasteiger partial charge in [-0.25, -0.2) is 0 Å². The number of hydrogen-bond acceptors (Lipinski definition) is 0. The highest BCUT2D eigenvalue weighted by Gasteiger charge is 1.97. The van der Waals surface area contributed by atoms with Crippen LogP contribution in [0.3, 0.4) is 0 Å². The van der Waals surface area contributed by atoms with Gasteiger partial charge in [0.25, 0.3) is 0 Å². The number of rotatable bonds is 5. The van der Waals surface area contributed by atoms with Crippen molar-refractivity contribution in [2.24, 2.45) is 0 Å². The van der Waals surface area contributed by atoms with Crippen molar-refractivity contribution in [3.63, 3.8) is 0 Å². The topological polar surface area (TPSA) is 0 Å². The second-order valence-electron chi connectivity index (χ2n) is 6.77. The van der Waals surface area contributed by atoms with E-state index < -0.39 is 0 Å². The lowest BCUT2D eigenvalue weighted by Gasteiger charge is -2.04. The molecule has 3 aromatic rings. The zero-order chi connectivity index (χ0) is 19.7. The molecule has 0 aliphatic carbocycles. The molecule has 3 rings (SSSR count). The summed E-state index contributed by atoms with van der Waals surface area (Å²) in [5, 5.41) is 0. The number of unbranched alkanes of at least 4 members (excludes halogenated alkanes) is 2. The van der Waals surface area contributed by atoms with Gasteiger partial charge in [0.2, 0.25) is 0 Å². The van der Waals surface area contributed by atoms with Crippen LogP contribution in [0.1, 0.15) is 57.6 Å². The van der Waals surface area contributed by atoms with E-state index >= 15 is 0 Å². The van der Waals surface area contributed by atoms with Crippen molar-refractivity contribution in [3.05, 3.63) is 96.1 Å².